The van der Waals surface area contributed by atoms with Crippen molar-refractivity contribution >= 4 is 28.5 Å². The first-order valence-electron chi connectivity index (χ1n) is 11.0. The highest BCUT2D eigenvalue weighted by molar-refractivity contribution is 6.31. The molecule has 2 N–H and O–H groups in total. The number of aliphatic hydroxyl groups is 1. The number of hydrogen-bond acceptors (Lipinski definition) is 3. The maximum atomic E-state index is 13.4. The van der Waals surface area contributed by atoms with Crippen molar-refractivity contribution in [3.8, 4) is 5.69 Å². The first-order valence-corrected chi connectivity index (χ1v) is 11.4. The van der Waals surface area contributed by atoms with Crippen molar-refractivity contribution in [2.45, 2.75) is 25.0 Å². The maximum absolute atomic E-state index is 13.4. The minimum Gasteiger partial charge on any atom is -0.372 e. The van der Waals surface area contributed by atoms with E-state index in [1.54, 1.807) is 12.1 Å². The molecule has 2 amide bonds. The van der Waals surface area contributed by atoms with Crippen molar-refractivity contribution < 1.29 is 14.3 Å². The fourth-order valence-corrected chi connectivity index (χ4v) is 5.03. The number of benzene rings is 2. The van der Waals surface area contributed by atoms with Crippen molar-refractivity contribution in [3.63, 3.8) is 0 Å². The van der Waals surface area contributed by atoms with Crippen LogP contribution >= 0.6 is 11.6 Å². The highest BCUT2D eigenvalue weighted by Gasteiger charge is 2.30. The van der Waals surface area contributed by atoms with Crippen LogP contribution in [0.4, 0.5) is 9.18 Å². The largest absolute Gasteiger partial charge is 0.372 e. The van der Waals surface area contributed by atoms with Crippen LogP contribution in [0.15, 0.2) is 48.7 Å². The SMILES string of the molecule is O=C1NCC(O)N1CCN1CCC(c2cn(-c3ccc(F)cc3)c3ccc(Cl)cc23)CC1. The van der Waals surface area contributed by atoms with Crippen LogP contribution in [0, 0.1) is 5.82 Å². The van der Waals surface area contributed by atoms with E-state index in [4.69, 9.17) is 11.6 Å². The lowest BCUT2D eigenvalue weighted by Crippen LogP contribution is -2.42. The number of carbonyl (C=O) groups is 1. The first-order chi connectivity index (χ1) is 15.5. The van der Waals surface area contributed by atoms with Gasteiger partial charge in [0, 0.05) is 35.4 Å². The number of nitrogens with one attached hydrogen (secondary N) is 1. The number of hydrogen-bond donors (Lipinski definition) is 2. The molecule has 3 heterocycles. The van der Waals surface area contributed by atoms with Gasteiger partial charge in [-0.2, -0.15) is 0 Å². The normalized spacial score (nSPS) is 20.3. The molecule has 2 fully saturated rings. The highest BCUT2D eigenvalue weighted by Crippen LogP contribution is 2.37. The number of β-amino-alcohol motifs (C(OH)–C–C–N with tert-alkyl or cyclic N) is 1. The second-order valence-electron chi connectivity index (χ2n) is 8.57. The van der Waals surface area contributed by atoms with Gasteiger partial charge in [0.25, 0.3) is 0 Å². The van der Waals surface area contributed by atoms with Gasteiger partial charge < -0.3 is 19.9 Å². The number of urea groups is 1. The Kier molecular flexibility index (Phi) is 5.80. The molecular weight excluding hydrogens is 431 g/mol. The number of rotatable bonds is 5. The molecule has 0 saturated carbocycles. The van der Waals surface area contributed by atoms with Gasteiger partial charge in [-0.25, -0.2) is 9.18 Å². The Morgan fingerprint density at radius 1 is 1.09 bits per heavy atom. The van der Waals surface area contributed by atoms with Crippen LogP contribution < -0.4 is 5.32 Å². The Morgan fingerprint density at radius 2 is 1.84 bits per heavy atom. The molecule has 2 saturated heterocycles. The molecule has 168 valence electrons. The standard InChI is InChI=1S/C24H26ClFN4O2/c25-17-1-6-22-20(13-17)21(15-30(22)19-4-2-18(26)3-5-19)16-7-9-28(10-8-16)11-12-29-23(31)14-27-24(29)32/h1-6,13,15-16,23,31H,7-12,14H2,(H,27,32). The molecule has 0 bridgehead atoms. The molecular formula is C24H26ClFN4O2. The Hall–Kier alpha value is -2.61. The summed E-state index contributed by atoms with van der Waals surface area (Å²) in [6.45, 7) is 3.43. The molecule has 0 radical (unpaired) electrons. The molecule has 0 aliphatic carbocycles. The summed E-state index contributed by atoms with van der Waals surface area (Å²) in [5.74, 6) is 0.148. The smallest absolute Gasteiger partial charge is 0.319 e. The number of aliphatic hydroxyl groups excluding tert-OH is 1. The monoisotopic (exact) mass is 456 g/mol. The van der Waals surface area contributed by atoms with E-state index in [0.717, 1.165) is 49.1 Å². The third-order valence-electron chi connectivity index (χ3n) is 6.64. The average Bonchev–Trinajstić information content (AvgIpc) is 3.32. The third kappa shape index (κ3) is 4.08. The van der Waals surface area contributed by atoms with Crippen LogP contribution in [0.1, 0.15) is 24.3 Å². The molecule has 2 aromatic carbocycles. The number of carbonyl (C=O) groups excluding carboxylic acids is 1. The summed E-state index contributed by atoms with van der Waals surface area (Å²) < 4.78 is 15.5. The molecule has 2 aliphatic rings. The fraction of sp³-hybridized carbons (Fsp3) is 0.375. The van der Waals surface area contributed by atoms with Gasteiger partial charge >= 0.3 is 6.03 Å². The third-order valence-corrected chi connectivity index (χ3v) is 6.88. The zero-order chi connectivity index (χ0) is 22.2. The van der Waals surface area contributed by atoms with Gasteiger partial charge in [-0.1, -0.05) is 11.6 Å². The number of piperidine rings is 1. The number of aromatic nitrogens is 1. The minimum atomic E-state index is -0.734. The van der Waals surface area contributed by atoms with Gasteiger partial charge in [0.2, 0.25) is 0 Å². The van der Waals surface area contributed by atoms with E-state index >= 15 is 0 Å². The molecule has 32 heavy (non-hydrogen) atoms. The molecule has 6 nitrogen and oxygen atoms in total. The van der Waals surface area contributed by atoms with Crippen LogP contribution in [-0.2, 0) is 0 Å². The quantitative estimate of drug-likeness (QED) is 0.611. The summed E-state index contributed by atoms with van der Waals surface area (Å²) in [6.07, 6.45) is 3.44. The summed E-state index contributed by atoms with van der Waals surface area (Å²) in [5, 5.41) is 14.4. The van der Waals surface area contributed by atoms with Crippen molar-refractivity contribution in [1.82, 2.24) is 19.7 Å². The van der Waals surface area contributed by atoms with E-state index in [0.29, 0.717) is 24.0 Å². The van der Waals surface area contributed by atoms with Gasteiger partial charge in [0.15, 0.2) is 0 Å². The summed E-state index contributed by atoms with van der Waals surface area (Å²) in [4.78, 5) is 15.6. The molecule has 8 heteroatoms. The van der Waals surface area contributed by atoms with Crippen LogP contribution in [0.3, 0.4) is 0 Å². The van der Waals surface area contributed by atoms with Gasteiger partial charge in [-0.15, -0.1) is 0 Å². The summed E-state index contributed by atoms with van der Waals surface area (Å²) in [5.41, 5.74) is 3.25. The van der Waals surface area contributed by atoms with Crippen molar-refractivity contribution in [1.29, 1.82) is 0 Å². The van der Waals surface area contributed by atoms with Crippen LogP contribution in [0.2, 0.25) is 5.02 Å². The number of fused-ring (bicyclic) bond motifs is 1. The topological polar surface area (TPSA) is 60.7 Å². The van der Waals surface area contributed by atoms with Gasteiger partial charge in [-0.05, 0) is 79.9 Å². The van der Waals surface area contributed by atoms with Crippen LogP contribution in [-0.4, -0.2) is 64.5 Å². The lowest BCUT2D eigenvalue weighted by atomic mass is 9.89. The Balaban J connectivity index is 1.32. The molecule has 5 rings (SSSR count). The van der Waals surface area contributed by atoms with Gasteiger partial charge in [0.1, 0.15) is 12.0 Å². The Bertz CT molecular complexity index is 1120. The first kappa shape index (κ1) is 21.2. The Labute approximate surface area is 191 Å². The molecule has 0 spiro atoms. The second kappa shape index (κ2) is 8.73. The predicted octanol–water partition coefficient (Wildman–Crippen LogP) is 3.95. The average molecular weight is 457 g/mol. The predicted molar refractivity (Wildman–Crippen MR) is 123 cm³/mol. The molecule has 3 aromatic rings. The number of nitrogens with zero attached hydrogens (tertiary/aromatic N) is 3. The zero-order valence-corrected chi connectivity index (χ0v) is 18.4. The number of halogens is 2. The lowest BCUT2D eigenvalue weighted by molar-refractivity contribution is 0.0557. The molecule has 1 aromatic heterocycles. The molecule has 1 atom stereocenters. The highest BCUT2D eigenvalue weighted by atomic mass is 35.5. The van der Waals surface area contributed by atoms with Crippen molar-refractivity contribution in [3.05, 3.63) is 65.1 Å². The van der Waals surface area contributed by atoms with E-state index in [-0.39, 0.29) is 11.8 Å². The number of amides is 2. The van der Waals surface area contributed by atoms with Gasteiger partial charge in [0.05, 0.1) is 12.1 Å². The fourth-order valence-electron chi connectivity index (χ4n) is 4.86. The minimum absolute atomic E-state index is 0.196. The number of likely N-dealkylation sites (tertiary alicyclic amines) is 1. The van der Waals surface area contributed by atoms with Crippen molar-refractivity contribution in [2.24, 2.45) is 0 Å². The summed E-state index contributed by atoms with van der Waals surface area (Å²) in [6, 6.07) is 12.3. The van der Waals surface area contributed by atoms with Gasteiger partial charge in [-0.3, -0.25) is 4.90 Å². The molecule has 1 unspecified atom stereocenters. The Morgan fingerprint density at radius 3 is 2.53 bits per heavy atom. The molecule has 2 aliphatic heterocycles. The van der Waals surface area contributed by atoms with E-state index in [2.05, 4.69) is 21.0 Å². The maximum Gasteiger partial charge on any atom is 0.319 e. The van der Waals surface area contributed by atoms with Crippen LogP contribution in [0.25, 0.3) is 16.6 Å². The van der Waals surface area contributed by atoms with E-state index < -0.39 is 6.23 Å². The summed E-state index contributed by atoms with van der Waals surface area (Å²) in [7, 11) is 0. The van der Waals surface area contributed by atoms with E-state index in [1.165, 1.54) is 22.6 Å². The van der Waals surface area contributed by atoms with E-state index in [1.807, 2.05) is 18.2 Å². The lowest BCUT2D eigenvalue weighted by Gasteiger charge is -2.33. The second-order valence-corrected chi connectivity index (χ2v) is 9.00. The zero-order valence-electron chi connectivity index (χ0n) is 17.7. The van der Waals surface area contributed by atoms with E-state index in [9.17, 15) is 14.3 Å². The van der Waals surface area contributed by atoms with Crippen LogP contribution in [0.5, 0.6) is 0 Å². The van der Waals surface area contributed by atoms with Crippen molar-refractivity contribution in [2.75, 3.05) is 32.7 Å². The summed E-state index contributed by atoms with van der Waals surface area (Å²) >= 11 is 6.33.